The summed E-state index contributed by atoms with van der Waals surface area (Å²) >= 11 is 0. The van der Waals surface area contributed by atoms with Crippen LogP contribution in [0, 0.1) is 18.3 Å². The van der Waals surface area contributed by atoms with Crippen molar-refractivity contribution in [2.75, 3.05) is 0 Å². The zero-order valence-electron chi connectivity index (χ0n) is 7.91. The Morgan fingerprint density at radius 1 is 1.56 bits per heavy atom. The fourth-order valence-corrected chi connectivity index (χ4v) is 2.08. The van der Waals surface area contributed by atoms with Crippen LogP contribution in [0.2, 0.25) is 0 Å². The van der Waals surface area contributed by atoms with Gasteiger partial charge in [0.2, 0.25) is 0 Å². The molecule has 86 valence electrons. The maximum Gasteiger partial charge on any atom is 0.281 e. The standard InChI is InChI=1S/C8H5ClF2N2O2S/c1-4-5(3-12)2-6(16(9,14)15)7(13-4)8(10)11/h2,8H,1H3. The molecule has 0 aliphatic heterocycles. The molecule has 1 aromatic rings. The van der Waals surface area contributed by atoms with Crippen LogP contribution >= 0.6 is 10.7 Å². The van der Waals surface area contributed by atoms with Gasteiger partial charge in [0.05, 0.1) is 11.3 Å². The van der Waals surface area contributed by atoms with Crippen molar-refractivity contribution in [1.82, 2.24) is 4.98 Å². The van der Waals surface area contributed by atoms with E-state index in [1.165, 1.54) is 6.92 Å². The maximum atomic E-state index is 12.5. The van der Waals surface area contributed by atoms with Crippen molar-refractivity contribution in [3.63, 3.8) is 0 Å². The van der Waals surface area contributed by atoms with Crippen LogP contribution in [0.4, 0.5) is 8.78 Å². The number of halogens is 3. The molecule has 0 fully saturated rings. The Bertz CT molecular complexity index is 566. The molecule has 0 saturated carbocycles. The second-order valence-electron chi connectivity index (χ2n) is 2.86. The summed E-state index contributed by atoms with van der Waals surface area (Å²) in [6.07, 6.45) is -3.07. The van der Waals surface area contributed by atoms with E-state index in [2.05, 4.69) is 4.98 Å². The number of hydrogen-bond donors (Lipinski definition) is 0. The summed E-state index contributed by atoms with van der Waals surface area (Å²) in [7, 11) is 0.629. The number of nitrogens with zero attached hydrogens (tertiary/aromatic N) is 2. The van der Waals surface area contributed by atoms with Crippen LogP contribution in [0.5, 0.6) is 0 Å². The van der Waals surface area contributed by atoms with E-state index >= 15 is 0 Å². The predicted molar refractivity (Wildman–Crippen MR) is 51.7 cm³/mol. The van der Waals surface area contributed by atoms with Gasteiger partial charge in [-0.2, -0.15) is 5.26 Å². The fourth-order valence-electron chi connectivity index (χ4n) is 1.07. The lowest BCUT2D eigenvalue weighted by Gasteiger charge is -2.07. The van der Waals surface area contributed by atoms with E-state index in [-0.39, 0.29) is 11.3 Å². The second-order valence-corrected chi connectivity index (χ2v) is 5.39. The highest BCUT2D eigenvalue weighted by molar-refractivity contribution is 8.13. The minimum atomic E-state index is -4.35. The first-order chi connectivity index (χ1) is 7.27. The Kier molecular flexibility index (Phi) is 3.45. The monoisotopic (exact) mass is 266 g/mol. The van der Waals surface area contributed by atoms with Gasteiger partial charge in [0, 0.05) is 10.7 Å². The minimum absolute atomic E-state index is 0.0295. The van der Waals surface area contributed by atoms with Gasteiger partial charge in [-0.15, -0.1) is 0 Å². The van der Waals surface area contributed by atoms with Crippen LogP contribution in [0.25, 0.3) is 0 Å². The van der Waals surface area contributed by atoms with Gasteiger partial charge in [0.15, 0.2) is 0 Å². The summed E-state index contributed by atoms with van der Waals surface area (Å²) < 4.78 is 47.1. The van der Waals surface area contributed by atoms with Gasteiger partial charge in [-0.25, -0.2) is 22.2 Å². The maximum absolute atomic E-state index is 12.5. The molecule has 0 saturated heterocycles. The van der Waals surface area contributed by atoms with Gasteiger partial charge in [-0.1, -0.05) is 0 Å². The average molecular weight is 267 g/mol. The van der Waals surface area contributed by atoms with E-state index in [4.69, 9.17) is 15.9 Å². The molecule has 0 aromatic carbocycles. The molecule has 0 radical (unpaired) electrons. The third kappa shape index (κ3) is 2.46. The first-order valence-corrected chi connectivity index (χ1v) is 6.22. The van der Waals surface area contributed by atoms with E-state index < -0.39 is 26.1 Å². The van der Waals surface area contributed by atoms with E-state index in [1.807, 2.05) is 0 Å². The Hall–Kier alpha value is -1.26. The molecule has 8 heteroatoms. The Labute approximate surface area is 94.9 Å². The third-order valence-corrected chi connectivity index (χ3v) is 3.15. The summed E-state index contributed by atoms with van der Waals surface area (Å²) in [5.74, 6) is 0. The lowest BCUT2D eigenvalue weighted by molar-refractivity contribution is 0.142. The van der Waals surface area contributed by atoms with Gasteiger partial charge < -0.3 is 0 Å². The summed E-state index contributed by atoms with van der Waals surface area (Å²) in [4.78, 5) is 2.55. The van der Waals surface area contributed by atoms with E-state index in [0.29, 0.717) is 0 Å². The van der Waals surface area contributed by atoms with Gasteiger partial charge in [-0.3, -0.25) is 0 Å². The molecule has 0 unspecified atom stereocenters. The molecular weight excluding hydrogens is 262 g/mol. The zero-order valence-corrected chi connectivity index (χ0v) is 9.48. The van der Waals surface area contributed by atoms with Crippen molar-refractivity contribution in [2.45, 2.75) is 18.2 Å². The van der Waals surface area contributed by atoms with E-state index in [1.54, 1.807) is 6.07 Å². The molecule has 0 aliphatic carbocycles. The number of alkyl halides is 2. The molecule has 0 N–H and O–H groups in total. The lowest BCUT2D eigenvalue weighted by Crippen LogP contribution is -2.05. The average Bonchev–Trinajstić information content (AvgIpc) is 2.15. The zero-order chi connectivity index (χ0) is 12.5. The first kappa shape index (κ1) is 12.8. The highest BCUT2D eigenvalue weighted by Gasteiger charge is 2.25. The lowest BCUT2D eigenvalue weighted by atomic mass is 10.2. The summed E-state index contributed by atoms with van der Waals surface area (Å²) in [5.41, 5.74) is -1.02. The topological polar surface area (TPSA) is 70.8 Å². The smallest absolute Gasteiger partial charge is 0.249 e. The molecule has 16 heavy (non-hydrogen) atoms. The van der Waals surface area contributed by atoms with E-state index in [9.17, 15) is 17.2 Å². The van der Waals surface area contributed by atoms with Crippen LogP contribution in [-0.4, -0.2) is 13.4 Å². The predicted octanol–water partition coefficient (Wildman–Crippen LogP) is 2.13. The van der Waals surface area contributed by atoms with Gasteiger partial charge >= 0.3 is 0 Å². The minimum Gasteiger partial charge on any atom is -0.249 e. The van der Waals surface area contributed by atoms with Gasteiger partial charge in [0.25, 0.3) is 15.5 Å². The number of rotatable bonds is 2. The van der Waals surface area contributed by atoms with Crippen molar-refractivity contribution < 1.29 is 17.2 Å². The SMILES string of the molecule is Cc1nc(C(F)F)c(S(=O)(=O)Cl)cc1C#N. The van der Waals surface area contributed by atoms with Crippen molar-refractivity contribution >= 4 is 19.7 Å². The van der Waals surface area contributed by atoms with E-state index in [0.717, 1.165) is 6.07 Å². The number of hydrogen-bond acceptors (Lipinski definition) is 4. The van der Waals surface area contributed by atoms with Crippen LogP contribution in [-0.2, 0) is 9.05 Å². The van der Waals surface area contributed by atoms with Gasteiger partial charge in [-0.05, 0) is 13.0 Å². The summed E-state index contributed by atoms with van der Waals surface area (Å²) in [6, 6.07) is 2.44. The second kappa shape index (κ2) is 4.31. The molecule has 1 rings (SSSR count). The van der Waals surface area contributed by atoms with Crippen molar-refractivity contribution in [1.29, 1.82) is 5.26 Å². The molecule has 0 amide bonds. The number of aryl methyl sites for hydroxylation is 1. The molecule has 0 atom stereocenters. The molecule has 4 nitrogen and oxygen atoms in total. The molecule has 0 spiro atoms. The normalized spacial score (nSPS) is 11.5. The quantitative estimate of drug-likeness (QED) is 0.769. The highest BCUT2D eigenvalue weighted by Crippen LogP contribution is 2.28. The van der Waals surface area contributed by atoms with Crippen molar-refractivity contribution in [2.24, 2.45) is 0 Å². The Morgan fingerprint density at radius 2 is 2.12 bits per heavy atom. The van der Waals surface area contributed by atoms with Crippen LogP contribution in [0.3, 0.4) is 0 Å². The number of pyridine rings is 1. The Morgan fingerprint density at radius 3 is 2.50 bits per heavy atom. The number of nitriles is 1. The first-order valence-electron chi connectivity index (χ1n) is 3.92. The third-order valence-electron chi connectivity index (χ3n) is 1.80. The largest absolute Gasteiger partial charge is 0.281 e. The molecule has 1 aromatic heterocycles. The Balaban J connectivity index is 3.64. The fraction of sp³-hybridized carbons (Fsp3) is 0.250. The number of aromatic nitrogens is 1. The van der Waals surface area contributed by atoms with Crippen LogP contribution in [0.1, 0.15) is 23.4 Å². The van der Waals surface area contributed by atoms with Crippen molar-refractivity contribution in [3.05, 3.63) is 23.0 Å². The summed E-state index contributed by atoms with van der Waals surface area (Å²) in [5, 5.41) is 8.62. The van der Waals surface area contributed by atoms with Crippen LogP contribution in [0.15, 0.2) is 11.0 Å². The molecular formula is C8H5ClF2N2O2S. The van der Waals surface area contributed by atoms with Crippen molar-refractivity contribution in [3.8, 4) is 6.07 Å². The van der Waals surface area contributed by atoms with Gasteiger partial charge in [0.1, 0.15) is 16.7 Å². The highest BCUT2D eigenvalue weighted by atomic mass is 35.7. The summed E-state index contributed by atoms with van der Waals surface area (Å²) in [6.45, 7) is 1.33. The molecule has 1 heterocycles. The molecule has 0 bridgehead atoms. The van der Waals surface area contributed by atoms with Crippen LogP contribution < -0.4 is 0 Å². The molecule has 0 aliphatic rings.